The van der Waals surface area contributed by atoms with Crippen molar-refractivity contribution in [3.8, 4) is 0 Å². The van der Waals surface area contributed by atoms with Crippen LogP contribution in [0.15, 0.2) is 30.3 Å². The van der Waals surface area contributed by atoms with Crippen LogP contribution in [-0.4, -0.2) is 6.61 Å². The maximum atomic E-state index is 5.74. The lowest BCUT2D eigenvalue weighted by Crippen LogP contribution is -2.02. The molecule has 0 spiro atoms. The summed E-state index contributed by atoms with van der Waals surface area (Å²) in [6.45, 7) is 6.27. The van der Waals surface area contributed by atoms with Gasteiger partial charge in [-0.15, -0.1) is 0 Å². The van der Waals surface area contributed by atoms with Gasteiger partial charge in [0.1, 0.15) is 0 Å². The Bertz CT molecular complexity index is 294. The Hall–Kier alpha value is -0.820. The minimum absolute atomic E-state index is 0.754. The molecule has 0 amide bonds. The van der Waals surface area contributed by atoms with Crippen molar-refractivity contribution in [3.63, 3.8) is 0 Å². The maximum absolute atomic E-state index is 5.74. The number of ether oxygens (including phenoxy) is 1. The van der Waals surface area contributed by atoms with Gasteiger partial charge in [-0.05, 0) is 17.9 Å². The summed E-state index contributed by atoms with van der Waals surface area (Å²) in [5.74, 6) is 0.803. The summed E-state index contributed by atoms with van der Waals surface area (Å²) in [7, 11) is 0. The molecule has 1 rings (SSSR count). The largest absolute Gasteiger partial charge is 0.377 e. The van der Waals surface area contributed by atoms with Gasteiger partial charge < -0.3 is 4.74 Å². The van der Waals surface area contributed by atoms with Crippen molar-refractivity contribution in [2.24, 2.45) is 5.92 Å². The molecule has 108 valence electrons. The molecule has 1 unspecified atom stereocenters. The third kappa shape index (κ3) is 8.83. The SMILES string of the molecule is CCCCCCCC(C)CCOCc1ccccc1. The lowest BCUT2D eigenvalue weighted by molar-refractivity contribution is 0.108. The summed E-state index contributed by atoms with van der Waals surface area (Å²) in [6, 6.07) is 10.4. The van der Waals surface area contributed by atoms with E-state index in [1.165, 1.54) is 50.5 Å². The standard InChI is InChI=1S/C18H30O/c1-3-4-5-6-8-11-17(2)14-15-19-16-18-12-9-7-10-13-18/h7,9-10,12-13,17H,3-6,8,11,14-16H2,1-2H3. The minimum atomic E-state index is 0.754. The second-order valence-corrected chi connectivity index (χ2v) is 5.63. The normalized spacial score (nSPS) is 12.5. The highest BCUT2D eigenvalue weighted by Gasteiger charge is 2.02. The lowest BCUT2D eigenvalue weighted by atomic mass is 9.99. The minimum Gasteiger partial charge on any atom is -0.377 e. The Morgan fingerprint density at radius 3 is 2.42 bits per heavy atom. The van der Waals surface area contributed by atoms with Crippen molar-refractivity contribution in [1.82, 2.24) is 0 Å². The fourth-order valence-corrected chi connectivity index (χ4v) is 2.29. The van der Waals surface area contributed by atoms with E-state index in [0.29, 0.717) is 0 Å². The monoisotopic (exact) mass is 262 g/mol. The Morgan fingerprint density at radius 2 is 1.68 bits per heavy atom. The van der Waals surface area contributed by atoms with Crippen LogP contribution in [0.1, 0.15) is 64.4 Å². The second kappa shape index (κ2) is 11.0. The first-order valence-electron chi connectivity index (χ1n) is 7.94. The first kappa shape index (κ1) is 16.2. The molecule has 0 aliphatic carbocycles. The van der Waals surface area contributed by atoms with Crippen molar-refractivity contribution in [1.29, 1.82) is 0 Å². The molecular formula is C18H30O. The lowest BCUT2D eigenvalue weighted by Gasteiger charge is -2.11. The van der Waals surface area contributed by atoms with Crippen molar-refractivity contribution >= 4 is 0 Å². The molecule has 0 saturated carbocycles. The van der Waals surface area contributed by atoms with Gasteiger partial charge in [0.15, 0.2) is 0 Å². The van der Waals surface area contributed by atoms with E-state index in [9.17, 15) is 0 Å². The molecule has 1 nitrogen and oxygen atoms in total. The molecule has 0 bridgehead atoms. The van der Waals surface area contributed by atoms with Gasteiger partial charge in [0.05, 0.1) is 6.61 Å². The van der Waals surface area contributed by atoms with Gasteiger partial charge in [-0.3, -0.25) is 0 Å². The van der Waals surface area contributed by atoms with Crippen molar-refractivity contribution in [3.05, 3.63) is 35.9 Å². The van der Waals surface area contributed by atoms with Gasteiger partial charge in [-0.1, -0.05) is 82.7 Å². The van der Waals surface area contributed by atoms with E-state index in [1.807, 2.05) is 6.07 Å². The fourth-order valence-electron chi connectivity index (χ4n) is 2.29. The zero-order valence-corrected chi connectivity index (χ0v) is 12.7. The molecule has 0 fully saturated rings. The van der Waals surface area contributed by atoms with Gasteiger partial charge in [0.25, 0.3) is 0 Å². The molecule has 1 aromatic rings. The Kier molecular flexibility index (Phi) is 9.44. The summed E-state index contributed by atoms with van der Waals surface area (Å²) in [6.07, 6.45) is 9.49. The molecule has 1 aromatic carbocycles. The number of hydrogen-bond donors (Lipinski definition) is 0. The van der Waals surface area contributed by atoms with Crippen LogP contribution in [0.25, 0.3) is 0 Å². The average molecular weight is 262 g/mol. The molecule has 0 N–H and O–H groups in total. The van der Waals surface area contributed by atoms with E-state index in [4.69, 9.17) is 4.74 Å². The predicted octanol–water partition coefficient (Wildman–Crippen LogP) is 5.59. The fraction of sp³-hybridized carbons (Fsp3) is 0.667. The van der Waals surface area contributed by atoms with Crippen LogP contribution >= 0.6 is 0 Å². The van der Waals surface area contributed by atoms with Gasteiger partial charge in [0.2, 0.25) is 0 Å². The molecule has 19 heavy (non-hydrogen) atoms. The van der Waals surface area contributed by atoms with Crippen LogP contribution in [0.2, 0.25) is 0 Å². The van der Waals surface area contributed by atoms with Crippen molar-refractivity contribution in [2.45, 2.75) is 65.4 Å². The van der Waals surface area contributed by atoms with Crippen LogP contribution in [-0.2, 0) is 11.3 Å². The molecule has 0 aromatic heterocycles. The first-order valence-corrected chi connectivity index (χ1v) is 7.94. The highest BCUT2D eigenvalue weighted by atomic mass is 16.5. The molecule has 0 aliphatic heterocycles. The smallest absolute Gasteiger partial charge is 0.0716 e. The van der Waals surface area contributed by atoms with E-state index in [1.54, 1.807) is 0 Å². The second-order valence-electron chi connectivity index (χ2n) is 5.63. The van der Waals surface area contributed by atoms with Crippen LogP contribution in [0.3, 0.4) is 0 Å². The van der Waals surface area contributed by atoms with Crippen LogP contribution in [0, 0.1) is 5.92 Å². The maximum Gasteiger partial charge on any atom is 0.0716 e. The molecule has 0 saturated heterocycles. The quantitative estimate of drug-likeness (QED) is 0.472. The summed E-state index contributed by atoms with van der Waals surface area (Å²) < 4.78 is 5.74. The number of hydrogen-bond acceptors (Lipinski definition) is 1. The van der Waals surface area contributed by atoms with Crippen molar-refractivity contribution < 1.29 is 4.74 Å². The Labute approximate surface area is 119 Å². The summed E-state index contributed by atoms with van der Waals surface area (Å²) in [5, 5.41) is 0. The molecule has 0 radical (unpaired) electrons. The van der Waals surface area contributed by atoms with Gasteiger partial charge in [0, 0.05) is 6.61 Å². The zero-order chi connectivity index (χ0) is 13.8. The molecular weight excluding hydrogens is 232 g/mol. The number of benzene rings is 1. The number of rotatable bonds is 11. The van der Waals surface area contributed by atoms with Gasteiger partial charge >= 0.3 is 0 Å². The van der Waals surface area contributed by atoms with Crippen LogP contribution < -0.4 is 0 Å². The summed E-state index contributed by atoms with van der Waals surface area (Å²) >= 11 is 0. The highest BCUT2D eigenvalue weighted by molar-refractivity contribution is 5.13. The molecule has 0 heterocycles. The van der Waals surface area contributed by atoms with E-state index < -0.39 is 0 Å². The first-order chi connectivity index (χ1) is 9.33. The average Bonchev–Trinajstić information content (AvgIpc) is 2.44. The third-order valence-electron chi connectivity index (χ3n) is 3.67. The Balaban J connectivity index is 1.94. The van der Waals surface area contributed by atoms with Crippen LogP contribution in [0.4, 0.5) is 0 Å². The zero-order valence-electron chi connectivity index (χ0n) is 12.7. The van der Waals surface area contributed by atoms with Gasteiger partial charge in [-0.25, -0.2) is 0 Å². The summed E-state index contributed by atoms with van der Waals surface area (Å²) in [5.41, 5.74) is 1.27. The molecule has 1 atom stereocenters. The topological polar surface area (TPSA) is 9.23 Å². The van der Waals surface area contributed by atoms with E-state index in [-0.39, 0.29) is 0 Å². The van der Waals surface area contributed by atoms with Crippen molar-refractivity contribution in [2.75, 3.05) is 6.61 Å². The van der Waals surface area contributed by atoms with Gasteiger partial charge in [-0.2, -0.15) is 0 Å². The van der Waals surface area contributed by atoms with E-state index in [0.717, 1.165) is 19.1 Å². The molecule has 1 heteroatoms. The molecule has 0 aliphatic rings. The van der Waals surface area contributed by atoms with Crippen LogP contribution in [0.5, 0.6) is 0 Å². The third-order valence-corrected chi connectivity index (χ3v) is 3.67. The highest BCUT2D eigenvalue weighted by Crippen LogP contribution is 2.14. The van der Waals surface area contributed by atoms with E-state index in [2.05, 4.69) is 38.1 Å². The number of unbranched alkanes of at least 4 members (excludes halogenated alkanes) is 4. The Morgan fingerprint density at radius 1 is 0.947 bits per heavy atom. The predicted molar refractivity (Wildman–Crippen MR) is 83.3 cm³/mol. The van der Waals surface area contributed by atoms with E-state index >= 15 is 0 Å². The summed E-state index contributed by atoms with van der Waals surface area (Å²) in [4.78, 5) is 0.